The minimum Gasteiger partial charge on any atom is -0.472 e. The average Bonchev–Trinajstić information content (AvgIpc) is 2.81. The van der Waals surface area contributed by atoms with E-state index in [0.717, 1.165) is 5.56 Å². The first-order valence-electron chi connectivity index (χ1n) is 5.63. The molecule has 1 atom stereocenters. The van der Waals surface area contributed by atoms with Gasteiger partial charge in [-0.1, -0.05) is 18.2 Å². The van der Waals surface area contributed by atoms with Gasteiger partial charge in [-0.2, -0.15) is 0 Å². The second-order valence-corrected chi connectivity index (χ2v) is 5.13. The fourth-order valence-electron chi connectivity index (χ4n) is 1.64. The molecule has 0 amide bonds. The molecule has 0 aliphatic heterocycles. The molecule has 0 bridgehead atoms. The lowest BCUT2D eigenvalue weighted by atomic mass is 10.2. The Morgan fingerprint density at radius 1 is 1.29 bits per heavy atom. The maximum Gasteiger partial charge on any atom is 0.0935 e. The van der Waals surface area contributed by atoms with Crippen molar-refractivity contribution in [1.82, 2.24) is 0 Å². The Hall–Kier alpha value is -1.19. The van der Waals surface area contributed by atoms with E-state index in [2.05, 4.69) is 19.1 Å². The number of benzene rings is 1. The molecule has 1 N–H and O–H groups in total. The van der Waals surface area contributed by atoms with Gasteiger partial charge >= 0.3 is 0 Å². The molecule has 2 rings (SSSR count). The highest BCUT2D eigenvalue weighted by Crippen LogP contribution is 2.23. The predicted molar refractivity (Wildman–Crippen MR) is 70.3 cm³/mol. The number of hydrogen-bond acceptors (Lipinski definition) is 3. The lowest BCUT2D eigenvalue weighted by molar-refractivity contribution is 0.200. The van der Waals surface area contributed by atoms with Crippen LogP contribution in [0.4, 0.5) is 0 Å². The van der Waals surface area contributed by atoms with Crippen LogP contribution in [0.1, 0.15) is 11.1 Å². The van der Waals surface area contributed by atoms with Crippen LogP contribution in [0.2, 0.25) is 0 Å². The Bertz CT molecular complexity index is 451. The standard InChI is InChI=1S/C14H16O2S/c1-11-4-2-3-5-14(11)17-10-13(15)8-12-6-7-16-9-12/h2-7,9,13,15H,8,10H2,1H3. The van der Waals surface area contributed by atoms with Crippen molar-refractivity contribution in [3.63, 3.8) is 0 Å². The van der Waals surface area contributed by atoms with Gasteiger partial charge in [0.25, 0.3) is 0 Å². The second kappa shape index (κ2) is 5.94. The number of aliphatic hydroxyl groups excluding tert-OH is 1. The van der Waals surface area contributed by atoms with E-state index in [9.17, 15) is 5.11 Å². The molecule has 0 radical (unpaired) electrons. The van der Waals surface area contributed by atoms with Gasteiger partial charge in [-0.15, -0.1) is 11.8 Å². The number of rotatable bonds is 5. The number of aryl methyl sites for hydroxylation is 1. The largest absolute Gasteiger partial charge is 0.472 e. The topological polar surface area (TPSA) is 33.4 Å². The zero-order chi connectivity index (χ0) is 12.1. The summed E-state index contributed by atoms with van der Waals surface area (Å²) in [6.07, 6.45) is 3.63. The molecule has 0 fully saturated rings. The zero-order valence-electron chi connectivity index (χ0n) is 9.80. The van der Waals surface area contributed by atoms with E-state index in [0.29, 0.717) is 12.2 Å². The molecule has 0 aliphatic carbocycles. The first-order valence-corrected chi connectivity index (χ1v) is 6.62. The average molecular weight is 248 g/mol. The maximum absolute atomic E-state index is 9.91. The lowest BCUT2D eigenvalue weighted by Gasteiger charge is -2.10. The first-order chi connectivity index (χ1) is 8.25. The van der Waals surface area contributed by atoms with Gasteiger partial charge in [0, 0.05) is 17.1 Å². The molecule has 0 saturated heterocycles. The Labute approximate surface area is 106 Å². The van der Waals surface area contributed by atoms with Crippen LogP contribution in [-0.2, 0) is 6.42 Å². The Kier molecular flexibility index (Phi) is 4.29. The molecular weight excluding hydrogens is 232 g/mol. The maximum atomic E-state index is 9.91. The SMILES string of the molecule is Cc1ccccc1SCC(O)Cc1ccoc1. The van der Waals surface area contributed by atoms with E-state index in [1.807, 2.05) is 18.2 Å². The Morgan fingerprint density at radius 3 is 2.82 bits per heavy atom. The third-order valence-electron chi connectivity index (χ3n) is 2.58. The second-order valence-electron chi connectivity index (χ2n) is 4.07. The highest BCUT2D eigenvalue weighted by atomic mass is 32.2. The molecule has 1 aromatic carbocycles. The summed E-state index contributed by atoms with van der Waals surface area (Å²) in [5.41, 5.74) is 2.30. The summed E-state index contributed by atoms with van der Waals surface area (Å²) in [5.74, 6) is 0.704. The summed E-state index contributed by atoms with van der Waals surface area (Å²) in [4.78, 5) is 1.23. The van der Waals surface area contributed by atoms with Crippen molar-refractivity contribution in [2.45, 2.75) is 24.3 Å². The summed E-state index contributed by atoms with van der Waals surface area (Å²) in [6, 6.07) is 10.1. The molecule has 17 heavy (non-hydrogen) atoms. The minimum absolute atomic E-state index is 0.336. The summed E-state index contributed by atoms with van der Waals surface area (Å²) >= 11 is 1.70. The fraction of sp³-hybridized carbons (Fsp3) is 0.286. The van der Waals surface area contributed by atoms with Gasteiger partial charge in [0.05, 0.1) is 18.6 Å². The van der Waals surface area contributed by atoms with E-state index in [-0.39, 0.29) is 6.10 Å². The molecule has 2 aromatic rings. The molecule has 3 heteroatoms. The molecule has 1 heterocycles. The van der Waals surface area contributed by atoms with Crippen LogP contribution in [-0.4, -0.2) is 17.0 Å². The Balaban J connectivity index is 1.84. The molecule has 0 spiro atoms. The number of hydrogen-bond donors (Lipinski definition) is 1. The van der Waals surface area contributed by atoms with Gasteiger partial charge in [0.2, 0.25) is 0 Å². The van der Waals surface area contributed by atoms with Gasteiger partial charge < -0.3 is 9.52 Å². The van der Waals surface area contributed by atoms with Crippen molar-refractivity contribution < 1.29 is 9.52 Å². The highest BCUT2D eigenvalue weighted by molar-refractivity contribution is 7.99. The molecule has 1 aromatic heterocycles. The summed E-state index contributed by atoms with van der Waals surface area (Å²) in [5, 5.41) is 9.91. The third-order valence-corrected chi connectivity index (χ3v) is 3.90. The summed E-state index contributed by atoms with van der Waals surface area (Å²) in [7, 11) is 0. The van der Waals surface area contributed by atoms with Crippen LogP contribution in [0.15, 0.2) is 52.2 Å². The quantitative estimate of drug-likeness (QED) is 0.824. The van der Waals surface area contributed by atoms with Gasteiger partial charge in [0.1, 0.15) is 0 Å². The summed E-state index contributed by atoms with van der Waals surface area (Å²) < 4.78 is 4.98. The summed E-state index contributed by atoms with van der Waals surface area (Å²) in [6.45, 7) is 2.09. The van der Waals surface area contributed by atoms with Crippen molar-refractivity contribution in [2.75, 3.05) is 5.75 Å². The number of thioether (sulfide) groups is 1. The van der Waals surface area contributed by atoms with Crippen molar-refractivity contribution in [3.05, 3.63) is 54.0 Å². The van der Waals surface area contributed by atoms with Crippen molar-refractivity contribution >= 4 is 11.8 Å². The van der Waals surface area contributed by atoms with E-state index in [4.69, 9.17) is 4.42 Å². The molecule has 90 valence electrons. The lowest BCUT2D eigenvalue weighted by Crippen LogP contribution is -2.13. The highest BCUT2D eigenvalue weighted by Gasteiger charge is 2.08. The molecule has 1 unspecified atom stereocenters. The van der Waals surface area contributed by atoms with Crippen LogP contribution in [0.25, 0.3) is 0 Å². The molecule has 0 aliphatic rings. The van der Waals surface area contributed by atoms with Crippen LogP contribution in [0.3, 0.4) is 0 Å². The smallest absolute Gasteiger partial charge is 0.0935 e. The van der Waals surface area contributed by atoms with E-state index < -0.39 is 0 Å². The van der Waals surface area contributed by atoms with Crippen LogP contribution >= 0.6 is 11.8 Å². The van der Waals surface area contributed by atoms with Crippen molar-refractivity contribution in [1.29, 1.82) is 0 Å². The number of furan rings is 1. The Morgan fingerprint density at radius 2 is 2.12 bits per heavy atom. The zero-order valence-corrected chi connectivity index (χ0v) is 10.6. The number of aliphatic hydroxyl groups is 1. The van der Waals surface area contributed by atoms with Gasteiger partial charge in [0.15, 0.2) is 0 Å². The van der Waals surface area contributed by atoms with Crippen LogP contribution in [0, 0.1) is 6.92 Å². The first kappa shape index (κ1) is 12.3. The third kappa shape index (κ3) is 3.65. The van der Waals surface area contributed by atoms with E-state index in [1.54, 1.807) is 24.3 Å². The molecule has 0 saturated carbocycles. The van der Waals surface area contributed by atoms with Gasteiger partial charge in [-0.3, -0.25) is 0 Å². The molecule has 2 nitrogen and oxygen atoms in total. The van der Waals surface area contributed by atoms with Gasteiger partial charge in [-0.25, -0.2) is 0 Å². The minimum atomic E-state index is -0.336. The van der Waals surface area contributed by atoms with Crippen LogP contribution in [0.5, 0.6) is 0 Å². The van der Waals surface area contributed by atoms with E-state index >= 15 is 0 Å². The predicted octanol–water partition coefficient (Wildman–Crippen LogP) is 3.28. The van der Waals surface area contributed by atoms with Crippen molar-refractivity contribution in [3.8, 4) is 0 Å². The molecular formula is C14H16O2S. The van der Waals surface area contributed by atoms with Crippen molar-refractivity contribution in [2.24, 2.45) is 0 Å². The van der Waals surface area contributed by atoms with Crippen LogP contribution < -0.4 is 0 Å². The van der Waals surface area contributed by atoms with Gasteiger partial charge in [-0.05, 0) is 30.2 Å². The fourth-order valence-corrected chi connectivity index (χ4v) is 2.60. The monoisotopic (exact) mass is 248 g/mol. The van der Waals surface area contributed by atoms with E-state index in [1.165, 1.54) is 10.5 Å². The normalized spacial score (nSPS) is 12.6.